The topological polar surface area (TPSA) is 25.0 Å². The zero-order valence-corrected chi connectivity index (χ0v) is 7.50. The van der Waals surface area contributed by atoms with Crippen LogP contribution in [0.2, 0.25) is 0 Å². The summed E-state index contributed by atoms with van der Waals surface area (Å²) in [5.74, 6) is 1.06. The second-order valence-electron chi connectivity index (χ2n) is 3.66. The Morgan fingerprint density at radius 3 is 3.31 bits per heavy atom. The normalized spacial score (nSPS) is 20.2. The summed E-state index contributed by atoms with van der Waals surface area (Å²) in [5, 5.41) is 1.23. The van der Waals surface area contributed by atoms with Gasteiger partial charge in [0.15, 0.2) is 0 Å². The summed E-state index contributed by atoms with van der Waals surface area (Å²) in [6, 6.07) is 6.38. The van der Waals surface area contributed by atoms with Gasteiger partial charge in [-0.2, -0.15) is 0 Å². The molecule has 0 saturated carbocycles. The summed E-state index contributed by atoms with van der Waals surface area (Å²) >= 11 is 0. The van der Waals surface area contributed by atoms with Crippen LogP contribution in [0, 0.1) is 0 Å². The maximum absolute atomic E-state index is 5.67. The van der Waals surface area contributed by atoms with E-state index in [2.05, 4.69) is 30.1 Å². The molecule has 1 aromatic carbocycles. The maximum atomic E-state index is 5.67. The lowest BCUT2D eigenvalue weighted by molar-refractivity contribution is 0.255. The minimum Gasteiger partial charge on any atom is -0.490 e. The molecule has 2 heteroatoms. The monoisotopic (exact) mass is 173 g/mol. The van der Waals surface area contributed by atoms with Gasteiger partial charge < -0.3 is 9.72 Å². The number of aromatic amines is 1. The van der Waals surface area contributed by atoms with Gasteiger partial charge in [0.25, 0.3) is 0 Å². The van der Waals surface area contributed by atoms with Gasteiger partial charge in [-0.05, 0) is 30.7 Å². The molecule has 1 aromatic heterocycles. The van der Waals surface area contributed by atoms with Crippen molar-refractivity contribution < 1.29 is 4.74 Å². The molecule has 13 heavy (non-hydrogen) atoms. The Balaban J connectivity index is 2.27. The van der Waals surface area contributed by atoms with E-state index in [-0.39, 0.29) is 0 Å². The van der Waals surface area contributed by atoms with Gasteiger partial charge in [-0.25, -0.2) is 0 Å². The number of rotatable bonds is 0. The van der Waals surface area contributed by atoms with Crippen LogP contribution < -0.4 is 4.74 Å². The molecule has 1 unspecified atom stereocenters. The van der Waals surface area contributed by atoms with Gasteiger partial charge in [0, 0.05) is 23.5 Å². The fourth-order valence-electron chi connectivity index (χ4n) is 1.96. The molecule has 66 valence electrons. The summed E-state index contributed by atoms with van der Waals surface area (Å²) < 4.78 is 5.67. The van der Waals surface area contributed by atoms with E-state index in [1.807, 2.05) is 6.20 Å². The molecule has 2 nitrogen and oxygen atoms in total. The Morgan fingerprint density at radius 2 is 2.38 bits per heavy atom. The van der Waals surface area contributed by atoms with Crippen LogP contribution in [0.5, 0.6) is 5.75 Å². The number of benzene rings is 1. The van der Waals surface area contributed by atoms with E-state index >= 15 is 0 Å². The van der Waals surface area contributed by atoms with E-state index < -0.39 is 0 Å². The number of fused-ring (bicyclic) bond motifs is 2. The fourth-order valence-corrected chi connectivity index (χ4v) is 1.96. The highest BCUT2D eigenvalue weighted by Crippen LogP contribution is 2.32. The Labute approximate surface area is 76.5 Å². The van der Waals surface area contributed by atoms with Crippen molar-refractivity contribution >= 4 is 10.9 Å². The molecular weight excluding hydrogens is 162 g/mol. The number of aromatic nitrogens is 1. The fraction of sp³-hybridized carbons (Fsp3) is 0.273. The third-order valence-electron chi connectivity index (χ3n) is 2.57. The number of ether oxygens (including phenoxy) is 1. The first-order chi connectivity index (χ1) is 6.33. The summed E-state index contributed by atoms with van der Waals surface area (Å²) in [6.45, 7) is 2.11. The zero-order valence-electron chi connectivity index (χ0n) is 7.50. The van der Waals surface area contributed by atoms with Crippen molar-refractivity contribution in [2.75, 3.05) is 0 Å². The summed E-state index contributed by atoms with van der Waals surface area (Å²) in [4.78, 5) is 3.21. The van der Waals surface area contributed by atoms with Crippen molar-refractivity contribution in [3.63, 3.8) is 0 Å². The highest BCUT2D eigenvalue weighted by Gasteiger charge is 2.19. The van der Waals surface area contributed by atoms with Crippen LogP contribution in [0.4, 0.5) is 0 Å². The average molecular weight is 173 g/mol. The summed E-state index contributed by atoms with van der Waals surface area (Å²) in [5.41, 5.74) is 2.53. The van der Waals surface area contributed by atoms with Gasteiger partial charge in [-0.15, -0.1) is 0 Å². The van der Waals surface area contributed by atoms with Gasteiger partial charge in [0.2, 0.25) is 0 Å². The van der Waals surface area contributed by atoms with Gasteiger partial charge in [-0.1, -0.05) is 0 Å². The molecule has 1 aliphatic heterocycles. The average Bonchev–Trinajstić information content (AvgIpc) is 2.63. The Bertz CT molecular complexity index is 418. The molecule has 2 aromatic rings. The van der Waals surface area contributed by atoms with E-state index in [1.54, 1.807) is 0 Å². The molecule has 0 spiro atoms. The molecule has 0 saturated heterocycles. The molecule has 0 fully saturated rings. The molecule has 0 bridgehead atoms. The van der Waals surface area contributed by atoms with Crippen LogP contribution in [0.3, 0.4) is 0 Å². The smallest absolute Gasteiger partial charge is 0.123 e. The first kappa shape index (κ1) is 7.01. The Kier molecular flexibility index (Phi) is 1.23. The van der Waals surface area contributed by atoms with Gasteiger partial charge in [0.05, 0.1) is 0 Å². The molecule has 1 atom stereocenters. The number of hydrogen-bond donors (Lipinski definition) is 1. The van der Waals surface area contributed by atoms with Crippen molar-refractivity contribution in [1.82, 2.24) is 4.98 Å². The van der Waals surface area contributed by atoms with Crippen molar-refractivity contribution in [1.29, 1.82) is 0 Å². The van der Waals surface area contributed by atoms with Crippen molar-refractivity contribution in [3.8, 4) is 5.75 Å². The predicted octanol–water partition coefficient (Wildman–Crippen LogP) is 2.49. The minimum absolute atomic E-state index is 0.335. The first-order valence-corrected chi connectivity index (χ1v) is 4.59. The quantitative estimate of drug-likeness (QED) is 0.650. The van der Waals surface area contributed by atoms with Crippen LogP contribution in [0.1, 0.15) is 12.5 Å². The third-order valence-corrected chi connectivity index (χ3v) is 2.57. The maximum Gasteiger partial charge on any atom is 0.123 e. The van der Waals surface area contributed by atoms with E-state index in [1.165, 1.54) is 16.5 Å². The number of H-pyrrole nitrogens is 1. The first-order valence-electron chi connectivity index (χ1n) is 4.59. The van der Waals surface area contributed by atoms with Crippen LogP contribution in [0.25, 0.3) is 10.9 Å². The van der Waals surface area contributed by atoms with Crippen LogP contribution >= 0.6 is 0 Å². The Morgan fingerprint density at radius 1 is 1.46 bits per heavy atom. The molecule has 0 amide bonds. The van der Waals surface area contributed by atoms with E-state index in [4.69, 9.17) is 4.74 Å². The van der Waals surface area contributed by atoms with Gasteiger partial charge in [0.1, 0.15) is 11.9 Å². The second kappa shape index (κ2) is 2.28. The number of hydrogen-bond acceptors (Lipinski definition) is 1. The third kappa shape index (κ3) is 0.949. The number of nitrogens with one attached hydrogen (secondary N) is 1. The van der Waals surface area contributed by atoms with Crippen molar-refractivity contribution in [2.45, 2.75) is 19.4 Å². The summed E-state index contributed by atoms with van der Waals surface area (Å²) in [7, 11) is 0. The van der Waals surface area contributed by atoms with Crippen molar-refractivity contribution in [3.05, 3.63) is 30.0 Å². The standard InChI is InChI=1S/C11H11NO/c1-7-4-9-5-10-8(2-3-12-10)6-11(9)13-7/h2-3,5-7,12H,4H2,1H3. The van der Waals surface area contributed by atoms with Gasteiger partial charge >= 0.3 is 0 Å². The summed E-state index contributed by atoms with van der Waals surface area (Å²) in [6.07, 6.45) is 3.33. The SMILES string of the molecule is CC1Cc2cc3[nH]ccc3cc2O1. The lowest BCUT2D eigenvalue weighted by Gasteiger charge is -2.01. The second-order valence-corrected chi connectivity index (χ2v) is 3.66. The van der Waals surface area contributed by atoms with Crippen molar-refractivity contribution in [2.24, 2.45) is 0 Å². The van der Waals surface area contributed by atoms with E-state index in [0.717, 1.165) is 12.2 Å². The van der Waals surface area contributed by atoms with Crippen LogP contribution in [0.15, 0.2) is 24.4 Å². The highest BCUT2D eigenvalue weighted by atomic mass is 16.5. The molecule has 1 aliphatic rings. The lowest BCUT2D eigenvalue weighted by atomic mass is 10.1. The predicted molar refractivity (Wildman–Crippen MR) is 52.1 cm³/mol. The molecular formula is C11H11NO. The highest BCUT2D eigenvalue weighted by molar-refractivity contribution is 5.82. The van der Waals surface area contributed by atoms with E-state index in [9.17, 15) is 0 Å². The minimum atomic E-state index is 0.335. The molecule has 0 aliphatic carbocycles. The largest absolute Gasteiger partial charge is 0.490 e. The van der Waals surface area contributed by atoms with E-state index in [0.29, 0.717) is 6.10 Å². The van der Waals surface area contributed by atoms with Gasteiger partial charge in [-0.3, -0.25) is 0 Å². The zero-order chi connectivity index (χ0) is 8.84. The molecule has 1 N–H and O–H groups in total. The van der Waals surface area contributed by atoms with Crippen LogP contribution in [-0.2, 0) is 6.42 Å². The lowest BCUT2D eigenvalue weighted by Crippen LogP contribution is -2.05. The molecule has 0 radical (unpaired) electrons. The van der Waals surface area contributed by atoms with Crippen LogP contribution in [-0.4, -0.2) is 11.1 Å². The molecule has 3 rings (SSSR count). The Hall–Kier alpha value is -1.44. The molecule has 2 heterocycles.